The molecule has 0 radical (unpaired) electrons. The molecular weight excluding hydrogens is 412 g/mol. The number of benzene rings is 2. The van der Waals surface area contributed by atoms with E-state index in [9.17, 15) is 0 Å². The fourth-order valence-corrected chi connectivity index (χ4v) is 5.31. The molecule has 2 aromatic carbocycles. The number of aromatic nitrogens is 3. The molecule has 0 aliphatic carbocycles. The molecule has 6 nitrogen and oxygen atoms in total. The summed E-state index contributed by atoms with van der Waals surface area (Å²) >= 11 is 3.48. The number of hydrogen-bond donors (Lipinski definition) is 3. The standard InChI is InChI=1S/C22H22N6S2/c1-2-6-18(27-22-26-17(13-29-22)11-16-12-23-14-25-16)15(5-1)9-10-24-21-28-19-7-3-4-8-20(19)30-21/h1-8,12,14,17H,9-11,13H2,(H,23,25)(H,24,28)(H,26,27)/t17-/m0/s1. The zero-order chi connectivity index (χ0) is 20.2. The minimum absolute atomic E-state index is 0.283. The van der Waals surface area contributed by atoms with E-state index in [0.717, 1.165) is 52.3 Å². The maximum Gasteiger partial charge on any atom is 0.183 e. The smallest absolute Gasteiger partial charge is 0.183 e. The highest BCUT2D eigenvalue weighted by molar-refractivity contribution is 8.14. The van der Waals surface area contributed by atoms with Crippen LogP contribution in [-0.2, 0) is 12.8 Å². The van der Waals surface area contributed by atoms with Crippen LogP contribution in [0.5, 0.6) is 0 Å². The molecule has 0 spiro atoms. The van der Waals surface area contributed by atoms with E-state index in [2.05, 4.69) is 68.1 Å². The van der Waals surface area contributed by atoms with Gasteiger partial charge in [-0.05, 0) is 30.2 Å². The van der Waals surface area contributed by atoms with Crippen molar-refractivity contribution < 1.29 is 0 Å². The van der Waals surface area contributed by atoms with Crippen LogP contribution in [0.15, 0.2) is 66.0 Å². The first-order valence-corrected chi connectivity index (χ1v) is 11.8. The topological polar surface area (TPSA) is 78.0 Å². The third-order valence-corrected chi connectivity index (χ3v) is 6.97. The normalized spacial score (nSPS) is 16.0. The summed E-state index contributed by atoms with van der Waals surface area (Å²) in [4.78, 5) is 16.7. The molecule has 0 unspecified atom stereocenters. The molecule has 3 heterocycles. The van der Waals surface area contributed by atoms with Crippen molar-refractivity contribution in [1.29, 1.82) is 0 Å². The summed E-state index contributed by atoms with van der Waals surface area (Å²) in [6.45, 7) is 0.834. The number of thioether (sulfide) groups is 1. The molecule has 0 bridgehead atoms. The van der Waals surface area contributed by atoms with E-state index in [4.69, 9.17) is 4.99 Å². The van der Waals surface area contributed by atoms with E-state index < -0.39 is 0 Å². The molecule has 2 aromatic heterocycles. The summed E-state index contributed by atoms with van der Waals surface area (Å²) in [7, 11) is 0. The molecule has 1 atom stereocenters. The van der Waals surface area contributed by atoms with Crippen molar-refractivity contribution in [2.75, 3.05) is 22.9 Å². The van der Waals surface area contributed by atoms with Gasteiger partial charge in [0.2, 0.25) is 0 Å². The van der Waals surface area contributed by atoms with Gasteiger partial charge in [-0.1, -0.05) is 53.4 Å². The molecule has 3 N–H and O–H groups in total. The summed E-state index contributed by atoms with van der Waals surface area (Å²) in [6.07, 6.45) is 5.40. The predicted octanol–water partition coefficient (Wildman–Crippen LogP) is 4.80. The van der Waals surface area contributed by atoms with Gasteiger partial charge < -0.3 is 15.6 Å². The van der Waals surface area contributed by atoms with Gasteiger partial charge in [0.15, 0.2) is 10.3 Å². The number of imidazole rings is 1. The lowest BCUT2D eigenvalue weighted by molar-refractivity contribution is 0.748. The van der Waals surface area contributed by atoms with Crippen LogP contribution in [0.25, 0.3) is 10.2 Å². The number of para-hydroxylation sites is 2. The number of rotatable bonds is 7. The molecule has 0 saturated carbocycles. The molecule has 1 aliphatic heterocycles. The molecule has 5 rings (SSSR count). The van der Waals surface area contributed by atoms with Gasteiger partial charge in [-0.25, -0.2) is 9.97 Å². The summed E-state index contributed by atoms with van der Waals surface area (Å²) in [5.74, 6) is 0.989. The van der Waals surface area contributed by atoms with Crippen LogP contribution in [0.4, 0.5) is 10.8 Å². The van der Waals surface area contributed by atoms with Crippen molar-refractivity contribution in [1.82, 2.24) is 15.0 Å². The zero-order valence-electron chi connectivity index (χ0n) is 16.3. The molecule has 0 saturated heterocycles. The Morgan fingerprint density at radius 3 is 2.90 bits per heavy atom. The molecule has 4 aromatic rings. The second-order valence-corrected chi connectivity index (χ2v) is 9.17. The van der Waals surface area contributed by atoms with Crippen LogP contribution in [-0.4, -0.2) is 38.5 Å². The third-order valence-electron chi connectivity index (χ3n) is 4.95. The monoisotopic (exact) mass is 434 g/mol. The number of nitrogens with zero attached hydrogens (tertiary/aromatic N) is 3. The van der Waals surface area contributed by atoms with E-state index in [1.54, 1.807) is 29.4 Å². The molecule has 1 aliphatic rings. The van der Waals surface area contributed by atoms with Crippen LogP contribution in [0, 0.1) is 0 Å². The van der Waals surface area contributed by atoms with Gasteiger partial charge in [0.1, 0.15) is 0 Å². The molecule has 30 heavy (non-hydrogen) atoms. The lowest BCUT2D eigenvalue weighted by atomic mass is 10.1. The number of anilines is 2. The Bertz CT molecular complexity index is 1120. The molecule has 8 heteroatoms. The lowest BCUT2D eigenvalue weighted by Crippen LogP contribution is -2.11. The van der Waals surface area contributed by atoms with E-state index in [0.29, 0.717) is 0 Å². The highest BCUT2D eigenvalue weighted by Crippen LogP contribution is 2.26. The Morgan fingerprint density at radius 1 is 1.10 bits per heavy atom. The minimum Gasteiger partial charge on any atom is -0.361 e. The van der Waals surface area contributed by atoms with E-state index >= 15 is 0 Å². The van der Waals surface area contributed by atoms with Crippen LogP contribution >= 0.6 is 23.1 Å². The highest BCUT2D eigenvalue weighted by atomic mass is 32.2. The van der Waals surface area contributed by atoms with Crippen molar-refractivity contribution in [3.63, 3.8) is 0 Å². The maximum atomic E-state index is 4.85. The number of fused-ring (bicyclic) bond motifs is 1. The molecular formula is C22H22N6S2. The Morgan fingerprint density at radius 2 is 2.00 bits per heavy atom. The minimum atomic E-state index is 0.283. The van der Waals surface area contributed by atoms with Crippen molar-refractivity contribution in [3.8, 4) is 0 Å². The third kappa shape index (κ3) is 4.49. The Kier molecular flexibility index (Phi) is 5.67. The van der Waals surface area contributed by atoms with Crippen LogP contribution in [0.1, 0.15) is 11.3 Å². The summed E-state index contributed by atoms with van der Waals surface area (Å²) in [5, 5.41) is 8.97. The van der Waals surface area contributed by atoms with Gasteiger partial charge in [0.05, 0.1) is 22.6 Å². The summed E-state index contributed by atoms with van der Waals surface area (Å²) in [6, 6.07) is 17.0. The van der Waals surface area contributed by atoms with Gasteiger partial charge in [-0.15, -0.1) is 0 Å². The van der Waals surface area contributed by atoms with Gasteiger partial charge in [0.25, 0.3) is 0 Å². The first-order chi connectivity index (χ1) is 14.8. The number of thiazole rings is 1. The van der Waals surface area contributed by atoms with Gasteiger partial charge in [0, 0.05) is 36.3 Å². The SMILES string of the molecule is c1ccc(NC2=N[C@@H](Cc3cnc[nH]3)CS2)c(CCNc2nc3ccccc3s2)c1. The maximum absolute atomic E-state index is 4.85. The fraction of sp³-hybridized carbons (Fsp3) is 0.227. The average molecular weight is 435 g/mol. The van der Waals surface area contributed by atoms with Crippen LogP contribution in [0.3, 0.4) is 0 Å². The highest BCUT2D eigenvalue weighted by Gasteiger charge is 2.19. The Hall–Kier alpha value is -2.84. The molecule has 0 fully saturated rings. The largest absolute Gasteiger partial charge is 0.361 e. The van der Waals surface area contributed by atoms with Gasteiger partial charge in [-0.3, -0.25) is 4.99 Å². The Balaban J connectivity index is 1.20. The number of H-pyrrole nitrogens is 1. The second kappa shape index (κ2) is 8.89. The summed E-state index contributed by atoms with van der Waals surface area (Å²) < 4.78 is 1.21. The van der Waals surface area contributed by atoms with Crippen molar-refractivity contribution in [2.24, 2.45) is 4.99 Å². The van der Waals surface area contributed by atoms with Crippen molar-refractivity contribution in [2.45, 2.75) is 18.9 Å². The number of aliphatic imine (C=N–C) groups is 1. The Labute approximate surface area is 183 Å². The van der Waals surface area contributed by atoms with Gasteiger partial charge >= 0.3 is 0 Å². The first kappa shape index (κ1) is 19.1. The molecule has 152 valence electrons. The summed E-state index contributed by atoms with van der Waals surface area (Å²) in [5.41, 5.74) is 4.57. The van der Waals surface area contributed by atoms with Crippen LogP contribution < -0.4 is 10.6 Å². The van der Waals surface area contributed by atoms with Crippen LogP contribution in [0.2, 0.25) is 0 Å². The lowest BCUT2D eigenvalue weighted by Gasteiger charge is -2.11. The second-order valence-electron chi connectivity index (χ2n) is 7.13. The number of hydrogen-bond acceptors (Lipinski definition) is 7. The first-order valence-electron chi connectivity index (χ1n) is 9.96. The number of nitrogens with one attached hydrogen (secondary N) is 3. The number of amidine groups is 1. The van der Waals surface area contributed by atoms with E-state index in [1.165, 1.54) is 10.3 Å². The van der Waals surface area contributed by atoms with Crippen molar-refractivity contribution >= 4 is 49.3 Å². The quantitative estimate of drug-likeness (QED) is 0.389. The van der Waals surface area contributed by atoms with E-state index in [1.807, 2.05) is 12.3 Å². The van der Waals surface area contributed by atoms with Crippen molar-refractivity contribution in [3.05, 3.63) is 72.3 Å². The average Bonchev–Trinajstić information content (AvgIpc) is 3.51. The fourth-order valence-electron chi connectivity index (χ4n) is 3.47. The predicted molar refractivity (Wildman–Crippen MR) is 128 cm³/mol. The molecule has 0 amide bonds. The number of aromatic amines is 1. The van der Waals surface area contributed by atoms with E-state index in [-0.39, 0.29) is 6.04 Å². The zero-order valence-corrected chi connectivity index (χ0v) is 18.0. The van der Waals surface area contributed by atoms with Gasteiger partial charge in [-0.2, -0.15) is 0 Å².